The highest BCUT2D eigenvalue weighted by molar-refractivity contribution is 7.93. The van der Waals surface area contributed by atoms with Crippen LogP contribution in [0, 0.1) is 11.3 Å². The number of anilines is 2. The van der Waals surface area contributed by atoms with Gasteiger partial charge in [0.15, 0.2) is 5.69 Å². The standard InChI is InChI=1S/C25H25ClN4O6S2/c1-25(2,3)36-24(32)22-23(37-15-28-22)30(14-16-5-7-18(35-4)8-6-16)38(33,34)19-9-10-20(17(11-19)13-27)29-21(31)12-26/h5-11,15H,12,14H2,1-4H3,(H,29,31). The van der Waals surface area contributed by atoms with Crippen molar-refractivity contribution >= 4 is 55.5 Å². The summed E-state index contributed by atoms with van der Waals surface area (Å²) in [7, 11) is -2.83. The van der Waals surface area contributed by atoms with Gasteiger partial charge in [-0.25, -0.2) is 18.2 Å². The van der Waals surface area contributed by atoms with Gasteiger partial charge in [-0.2, -0.15) is 5.26 Å². The van der Waals surface area contributed by atoms with Crippen LogP contribution < -0.4 is 14.4 Å². The van der Waals surface area contributed by atoms with Crippen molar-refractivity contribution in [2.75, 3.05) is 22.6 Å². The van der Waals surface area contributed by atoms with Gasteiger partial charge in [-0.05, 0) is 56.7 Å². The molecule has 2 aromatic carbocycles. The third-order valence-corrected chi connectivity index (χ3v) is 7.90. The molecule has 1 heterocycles. The van der Waals surface area contributed by atoms with Crippen LogP contribution in [0.4, 0.5) is 10.7 Å². The number of halogens is 1. The zero-order valence-corrected chi connectivity index (χ0v) is 23.4. The molecule has 38 heavy (non-hydrogen) atoms. The van der Waals surface area contributed by atoms with E-state index < -0.39 is 27.5 Å². The molecule has 0 aliphatic rings. The predicted molar refractivity (Wildman–Crippen MR) is 144 cm³/mol. The van der Waals surface area contributed by atoms with Crippen molar-refractivity contribution in [2.24, 2.45) is 0 Å². The van der Waals surface area contributed by atoms with Gasteiger partial charge in [0.2, 0.25) is 5.91 Å². The number of alkyl halides is 1. The number of esters is 1. The van der Waals surface area contributed by atoms with Crippen molar-refractivity contribution in [1.82, 2.24) is 4.98 Å². The molecule has 0 radical (unpaired) electrons. The number of hydrogen-bond acceptors (Lipinski definition) is 9. The maximum absolute atomic E-state index is 14.0. The molecule has 1 amide bonds. The lowest BCUT2D eigenvalue weighted by Crippen LogP contribution is -2.32. The van der Waals surface area contributed by atoms with E-state index in [9.17, 15) is 23.3 Å². The second-order valence-corrected chi connectivity index (χ2v) is 11.8. The maximum atomic E-state index is 14.0. The molecule has 0 bridgehead atoms. The highest BCUT2D eigenvalue weighted by atomic mass is 35.5. The number of hydrogen-bond donors (Lipinski definition) is 1. The van der Waals surface area contributed by atoms with Crippen LogP contribution >= 0.6 is 22.9 Å². The summed E-state index contributed by atoms with van der Waals surface area (Å²) in [5, 5.41) is 12.1. The van der Waals surface area contributed by atoms with E-state index in [1.807, 2.05) is 6.07 Å². The number of benzene rings is 2. The van der Waals surface area contributed by atoms with Gasteiger partial charge in [-0.1, -0.05) is 12.1 Å². The molecule has 3 aromatic rings. The monoisotopic (exact) mass is 576 g/mol. The van der Waals surface area contributed by atoms with Crippen molar-refractivity contribution in [2.45, 2.75) is 37.8 Å². The highest BCUT2D eigenvalue weighted by Crippen LogP contribution is 2.34. The first-order valence-electron chi connectivity index (χ1n) is 11.1. The fraction of sp³-hybridized carbons (Fsp3) is 0.280. The van der Waals surface area contributed by atoms with Crippen molar-refractivity contribution in [3.05, 3.63) is 64.8 Å². The van der Waals surface area contributed by atoms with Gasteiger partial charge in [-0.3, -0.25) is 9.10 Å². The maximum Gasteiger partial charge on any atom is 0.360 e. The van der Waals surface area contributed by atoms with Gasteiger partial charge in [-0.15, -0.1) is 22.9 Å². The molecule has 0 spiro atoms. The average molecular weight is 577 g/mol. The lowest BCUT2D eigenvalue weighted by atomic mass is 10.2. The minimum atomic E-state index is -4.35. The van der Waals surface area contributed by atoms with E-state index in [1.165, 1.54) is 24.8 Å². The van der Waals surface area contributed by atoms with Gasteiger partial charge in [0, 0.05) is 0 Å². The third-order valence-electron chi connectivity index (χ3n) is 4.95. The molecule has 0 saturated carbocycles. The summed E-state index contributed by atoms with van der Waals surface area (Å²) >= 11 is 6.49. The van der Waals surface area contributed by atoms with Crippen molar-refractivity contribution in [1.29, 1.82) is 5.26 Å². The molecule has 10 nitrogen and oxygen atoms in total. The Morgan fingerprint density at radius 2 is 1.87 bits per heavy atom. The summed E-state index contributed by atoms with van der Waals surface area (Å²) in [6.45, 7) is 4.92. The van der Waals surface area contributed by atoms with E-state index in [0.717, 1.165) is 21.7 Å². The minimum Gasteiger partial charge on any atom is -0.497 e. The number of nitrogens with zero attached hydrogens (tertiary/aromatic N) is 3. The van der Waals surface area contributed by atoms with E-state index in [1.54, 1.807) is 45.0 Å². The van der Waals surface area contributed by atoms with Crippen LogP contribution in [0.2, 0.25) is 0 Å². The summed E-state index contributed by atoms with van der Waals surface area (Å²) in [4.78, 5) is 28.5. The quantitative estimate of drug-likeness (QED) is 0.289. The number of aromatic nitrogens is 1. The van der Waals surface area contributed by atoms with Crippen LogP contribution in [0.15, 0.2) is 52.9 Å². The highest BCUT2D eigenvalue weighted by Gasteiger charge is 2.33. The molecule has 0 fully saturated rings. The van der Waals surface area contributed by atoms with Crippen LogP contribution in [0.25, 0.3) is 0 Å². The molecule has 0 saturated heterocycles. The first-order chi connectivity index (χ1) is 17.9. The molecular formula is C25H25ClN4O6S2. The Labute approximate surface area is 229 Å². The van der Waals surface area contributed by atoms with Crippen LogP contribution in [-0.2, 0) is 26.1 Å². The zero-order valence-electron chi connectivity index (χ0n) is 21.0. The van der Waals surface area contributed by atoms with E-state index in [0.29, 0.717) is 11.3 Å². The Kier molecular flexibility index (Phi) is 8.98. The molecular weight excluding hydrogens is 552 g/mol. The largest absolute Gasteiger partial charge is 0.497 e. The zero-order chi connectivity index (χ0) is 28.1. The SMILES string of the molecule is COc1ccc(CN(c2scnc2C(=O)OC(C)(C)C)S(=O)(=O)c2ccc(NC(=O)CCl)c(C#N)c2)cc1. The first kappa shape index (κ1) is 28.9. The summed E-state index contributed by atoms with van der Waals surface area (Å²) in [6.07, 6.45) is 0. The Balaban J connectivity index is 2.12. The lowest BCUT2D eigenvalue weighted by Gasteiger charge is -2.25. The van der Waals surface area contributed by atoms with Crippen molar-refractivity contribution in [3.8, 4) is 11.8 Å². The molecule has 0 unspecified atom stereocenters. The van der Waals surface area contributed by atoms with Crippen LogP contribution in [0.5, 0.6) is 5.75 Å². The number of methoxy groups -OCH3 is 1. The number of amides is 1. The van der Waals surface area contributed by atoms with Gasteiger partial charge in [0.1, 0.15) is 28.3 Å². The van der Waals surface area contributed by atoms with Crippen LogP contribution in [-0.4, -0.2) is 43.9 Å². The van der Waals surface area contributed by atoms with E-state index in [2.05, 4.69) is 10.3 Å². The van der Waals surface area contributed by atoms with Gasteiger partial charge in [0.05, 0.1) is 35.3 Å². The van der Waals surface area contributed by atoms with Gasteiger partial charge >= 0.3 is 5.97 Å². The molecule has 3 rings (SSSR count). The first-order valence-corrected chi connectivity index (χ1v) is 14.0. The fourth-order valence-corrected chi connectivity index (χ4v) is 5.81. The van der Waals surface area contributed by atoms with E-state index in [-0.39, 0.29) is 39.3 Å². The Hall–Kier alpha value is -3.66. The topological polar surface area (TPSA) is 139 Å². The van der Waals surface area contributed by atoms with E-state index >= 15 is 0 Å². The number of carbonyl (C=O) groups is 2. The van der Waals surface area contributed by atoms with Gasteiger partial charge in [0.25, 0.3) is 10.0 Å². The lowest BCUT2D eigenvalue weighted by molar-refractivity contribution is -0.113. The summed E-state index contributed by atoms with van der Waals surface area (Å²) in [6, 6.07) is 12.4. The summed E-state index contributed by atoms with van der Waals surface area (Å²) in [5.41, 5.74) is 1.01. The smallest absolute Gasteiger partial charge is 0.360 e. The molecule has 1 aromatic heterocycles. The normalized spacial score (nSPS) is 11.4. The number of carbonyl (C=O) groups excluding carboxylic acids is 2. The van der Waals surface area contributed by atoms with Crippen LogP contribution in [0.3, 0.4) is 0 Å². The summed E-state index contributed by atoms with van der Waals surface area (Å²) < 4.78 is 39.6. The number of rotatable bonds is 9. The van der Waals surface area contributed by atoms with Crippen molar-refractivity contribution in [3.63, 3.8) is 0 Å². The van der Waals surface area contributed by atoms with Crippen LogP contribution in [0.1, 0.15) is 42.4 Å². The molecule has 13 heteroatoms. The fourth-order valence-electron chi connectivity index (χ4n) is 3.24. The predicted octanol–water partition coefficient (Wildman–Crippen LogP) is 4.55. The molecule has 200 valence electrons. The number of nitriles is 1. The Bertz CT molecular complexity index is 1470. The molecule has 1 N–H and O–H groups in total. The Morgan fingerprint density at radius 1 is 1.18 bits per heavy atom. The van der Waals surface area contributed by atoms with Crippen molar-refractivity contribution < 1.29 is 27.5 Å². The number of sulfonamides is 1. The van der Waals surface area contributed by atoms with E-state index in [4.69, 9.17) is 21.1 Å². The number of nitrogens with one attached hydrogen (secondary N) is 1. The molecule has 0 atom stereocenters. The minimum absolute atomic E-state index is 0.0492. The summed E-state index contributed by atoms with van der Waals surface area (Å²) in [5.74, 6) is -1.07. The second kappa shape index (κ2) is 11.8. The molecule has 0 aliphatic heterocycles. The Morgan fingerprint density at radius 3 is 2.45 bits per heavy atom. The number of ether oxygens (including phenoxy) is 2. The third kappa shape index (κ3) is 6.80. The second-order valence-electron chi connectivity index (χ2n) is 8.87. The molecule has 0 aliphatic carbocycles. The average Bonchev–Trinajstić information content (AvgIpc) is 3.36. The van der Waals surface area contributed by atoms with Gasteiger partial charge < -0.3 is 14.8 Å². The number of thiazole rings is 1.